The molecule has 3 N–H and O–H groups in total. The molecule has 2 atom stereocenters. The number of aliphatic hydroxyl groups is 1. The Labute approximate surface area is 130 Å². The second-order valence-corrected chi connectivity index (χ2v) is 5.31. The van der Waals surface area contributed by atoms with Gasteiger partial charge in [0.15, 0.2) is 0 Å². The van der Waals surface area contributed by atoms with Crippen molar-refractivity contribution in [1.82, 2.24) is 10.6 Å². The maximum atomic E-state index is 11.8. The first-order chi connectivity index (χ1) is 10.6. The number of aryl methyl sites for hydroxylation is 1. The smallest absolute Gasteiger partial charge is 0.315 e. The topological polar surface area (TPSA) is 74.5 Å². The molecule has 1 aromatic carbocycles. The van der Waals surface area contributed by atoms with E-state index in [1.807, 2.05) is 25.1 Å². The molecule has 0 spiro atoms. The van der Waals surface area contributed by atoms with Gasteiger partial charge in [-0.15, -0.1) is 0 Å². The van der Waals surface area contributed by atoms with Gasteiger partial charge in [-0.05, 0) is 37.5 Å². The molecular weight excluding hydrogens is 280 g/mol. The third-order valence-corrected chi connectivity index (χ3v) is 3.41. The summed E-state index contributed by atoms with van der Waals surface area (Å²) in [6.45, 7) is 2.08. The molecule has 0 fully saturated rings. The van der Waals surface area contributed by atoms with E-state index in [0.717, 1.165) is 12.8 Å². The lowest BCUT2D eigenvalue weighted by Crippen LogP contribution is -2.42. The number of hydrogen-bond acceptors (Lipinski definition) is 3. The van der Waals surface area contributed by atoms with Crippen molar-refractivity contribution in [2.45, 2.75) is 31.9 Å². The van der Waals surface area contributed by atoms with E-state index in [4.69, 9.17) is 4.42 Å². The summed E-state index contributed by atoms with van der Waals surface area (Å²) in [6, 6.07) is 13.3. The Balaban J connectivity index is 1.66. The molecule has 22 heavy (non-hydrogen) atoms. The lowest BCUT2D eigenvalue weighted by atomic mass is 10.1. The zero-order valence-electron chi connectivity index (χ0n) is 12.7. The fourth-order valence-corrected chi connectivity index (χ4v) is 2.15. The molecule has 5 nitrogen and oxygen atoms in total. The summed E-state index contributed by atoms with van der Waals surface area (Å²) in [5, 5.41) is 15.3. The highest BCUT2D eigenvalue weighted by Crippen LogP contribution is 2.11. The molecule has 118 valence electrons. The quantitative estimate of drug-likeness (QED) is 0.736. The van der Waals surface area contributed by atoms with E-state index >= 15 is 0 Å². The summed E-state index contributed by atoms with van der Waals surface area (Å²) in [6.07, 6.45) is 2.43. The van der Waals surface area contributed by atoms with Crippen molar-refractivity contribution in [3.63, 3.8) is 0 Å². The van der Waals surface area contributed by atoms with Crippen LogP contribution in [0.15, 0.2) is 53.1 Å². The van der Waals surface area contributed by atoms with Crippen LogP contribution in [0.3, 0.4) is 0 Å². The van der Waals surface area contributed by atoms with Crippen LogP contribution in [-0.4, -0.2) is 23.7 Å². The van der Waals surface area contributed by atoms with Crippen molar-refractivity contribution in [2.24, 2.45) is 0 Å². The van der Waals surface area contributed by atoms with Crippen LogP contribution in [0.1, 0.15) is 30.8 Å². The average molecular weight is 302 g/mol. The van der Waals surface area contributed by atoms with Crippen LogP contribution in [0.5, 0.6) is 0 Å². The molecule has 2 unspecified atom stereocenters. The van der Waals surface area contributed by atoms with Crippen molar-refractivity contribution in [1.29, 1.82) is 0 Å². The maximum Gasteiger partial charge on any atom is 0.315 e. The Hall–Kier alpha value is -2.27. The largest absolute Gasteiger partial charge is 0.467 e. The number of hydrogen-bond donors (Lipinski definition) is 3. The minimum Gasteiger partial charge on any atom is -0.467 e. The normalized spacial score (nSPS) is 13.4. The van der Waals surface area contributed by atoms with Gasteiger partial charge in [-0.2, -0.15) is 0 Å². The number of carbonyl (C=O) groups excluding carboxylic acids is 1. The molecule has 5 heteroatoms. The number of rotatable bonds is 7. The van der Waals surface area contributed by atoms with Crippen molar-refractivity contribution in [3.8, 4) is 0 Å². The first kappa shape index (κ1) is 16.1. The van der Waals surface area contributed by atoms with E-state index in [0.29, 0.717) is 5.76 Å². The van der Waals surface area contributed by atoms with Crippen LogP contribution in [0.2, 0.25) is 0 Å². The van der Waals surface area contributed by atoms with Crippen LogP contribution in [0.25, 0.3) is 0 Å². The Bertz CT molecular complexity index is 555. The van der Waals surface area contributed by atoms with Gasteiger partial charge < -0.3 is 20.2 Å². The lowest BCUT2D eigenvalue weighted by Gasteiger charge is -2.15. The molecule has 0 radical (unpaired) electrons. The van der Waals surface area contributed by atoms with E-state index in [1.165, 1.54) is 11.8 Å². The predicted molar refractivity (Wildman–Crippen MR) is 84.4 cm³/mol. The summed E-state index contributed by atoms with van der Waals surface area (Å²) in [5.41, 5.74) is 1.25. The van der Waals surface area contributed by atoms with E-state index in [2.05, 4.69) is 22.8 Å². The Kier molecular flexibility index (Phi) is 6.03. The van der Waals surface area contributed by atoms with E-state index in [1.54, 1.807) is 12.1 Å². The molecular formula is C17H22N2O3. The summed E-state index contributed by atoms with van der Waals surface area (Å²) in [5.74, 6) is 0.442. The van der Waals surface area contributed by atoms with E-state index in [-0.39, 0.29) is 18.6 Å². The van der Waals surface area contributed by atoms with Gasteiger partial charge in [-0.25, -0.2) is 4.79 Å². The molecule has 1 aromatic heterocycles. The highest BCUT2D eigenvalue weighted by Gasteiger charge is 2.13. The van der Waals surface area contributed by atoms with E-state index in [9.17, 15) is 9.90 Å². The molecule has 0 aliphatic carbocycles. The second kappa shape index (κ2) is 8.24. The van der Waals surface area contributed by atoms with Gasteiger partial charge in [0.2, 0.25) is 0 Å². The van der Waals surface area contributed by atoms with Crippen LogP contribution in [0.4, 0.5) is 4.79 Å². The highest BCUT2D eigenvalue weighted by atomic mass is 16.4. The van der Waals surface area contributed by atoms with Crippen molar-refractivity contribution >= 4 is 6.03 Å². The summed E-state index contributed by atoms with van der Waals surface area (Å²) in [4.78, 5) is 11.8. The van der Waals surface area contributed by atoms with Crippen molar-refractivity contribution in [2.75, 3.05) is 6.54 Å². The molecule has 1 heterocycles. The van der Waals surface area contributed by atoms with Gasteiger partial charge in [-0.1, -0.05) is 30.3 Å². The van der Waals surface area contributed by atoms with Gasteiger partial charge in [0.05, 0.1) is 12.8 Å². The van der Waals surface area contributed by atoms with Crippen LogP contribution in [0, 0.1) is 0 Å². The minimum absolute atomic E-state index is 0.0564. The first-order valence-corrected chi connectivity index (χ1v) is 7.45. The van der Waals surface area contributed by atoms with Crippen LogP contribution >= 0.6 is 0 Å². The number of aliphatic hydroxyl groups excluding tert-OH is 1. The molecule has 0 aliphatic heterocycles. The van der Waals surface area contributed by atoms with Crippen molar-refractivity contribution in [3.05, 3.63) is 60.1 Å². The Morgan fingerprint density at radius 1 is 1.23 bits per heavy atom. The third kappa shape index (κ3) is 5.26. The SMILES string of the molecule is CC(CCc1ccccc1)NC(=O)NCC(O)c1ccco1. The van der Waals surface area contributed by atoms with Gasteiger partial charge in [0, 0.05) is 6.04 Å². The molecule has 2 aromatic rings. The Morgan fingerprint density at radius 2 is 2.00 bits per heavy atom. The fraction of sp³-hybridized carbons (Fsp3) is 0.353. The van der Waals surface area contributed by atoms with Gasteiger partial charge in [0.1, 0.15) is 11.9 Å². The molecule has 0 bridgehead atoms. The fourth-order valence-electron chi connectivity index (χ4n) is 2.15. The minimum atomic E-state index is -0.833. The summed E-state index contributed by atoms with van der Waals surface area (Å²) in [7, 11) is 0. The average Bonchev–Trinajstić information content (AvgIpc) is 3.06. The summed E-state index contributed by atoms with van der Waals surface area (Å²) < 4.78 is 5.07. The second-order valence-electron chi connectivity index (χ2n) is 5.31. The molecule has 0 aliphatic rings. The zero-order chi connectivity index (χ0) is 15.8. The van der Waals surface area contributed by atoms with Crippen LogP contribution in [-0.2, 0) is 6.42 Å². The zero-order valence-corrected chi connectivity index (χ0v) is 12.7. The number of carbonyl (C=O) groups is 1. The molecule has 2 rings (SSSR count). The van der Waals surface area contributed by atoms with Gasteiger partial charge >= 0.3 is 6.03 Å². The molecule has 0 saturated heterocycles. The van der Waals surface area contributed by atoms with Gasteiger partial charge in [-0.3, -0.25) is 0 Å². The van der Waals surface area contributed by atoms with Crippen molar-refractivity contribution < 1.29 is 14.3 Å². The van der Waals surface area contributed by atoms with E-state index < -0.39 is 6.10 Å². The standard InChI is InChI=1S/C17H22N2O3/c1-13(9-10-14-6-3-2-4-7-14)19-17(21)18-12-15(20)16-8-5-11-22-16/h2-8,11,13,15,20H,9-10,12H2,1H3,(H2,18,19,21). The maximum absolute atomic E-state index is 11.8. The predicted octanol–water partition coefficient (Wildman–Crippen LogP) is 2.63. The molecule has 0 saturated carbocycles. The third-order valence-electron chi connectivity index (χ3n) is 3.41. The van der Waals surface area contributed by atoms with Crippen LogP contribution < -0.4 is 10.6 Å². The lowest BCUT2D eigenvalue weighted by molar-refractivity contribution is 0.147. The number of amides is 2. The van der Waals surface area contributed by atoms with Gasteiger partial charge in [0.25, 0.3) is 0 Å². The number of urea groups is 1. The first-order valence-electron chi connectivity index (χ1n) is 7.45. The Morgan fingerprint density at radius 3 is 2.68 bits per heavy atom. The number of furan rings is 1. The number of nitrogens with one attached hydrogen (secondary N) is 2. The molecule has 2 amide bonds. The summed E-state index contributed by atoms with van der Waals surface area (Å²) >= 11 is 0. The number of benzene rings is 1. The highest BCUT2D eigenvalue weighted by molar-refractivity contribution is 5.74. The monoisotopic (exact) mass is 302 g/mol.